The Kier molecular flexibility index (Phi) is 2.83. The standard InChI is InChI=1S/C15H16ClNO/c1-2-9-4-3-5-11-13(18)6-12-15(14(9)11)10(7-16)8-17-12/h3-6,10,17-18H,2,7-8H2,1H3/p-1. The van der Waals surface area contributed by atoms with Crippen LogP contribution in [-0.4, -0.2) is 12.4 Å². The molecule has 1 aliphatic heterocycles. The highest BCUT2D eigenvalue weighted by molar-refractivity contribution is 6.18. The van der Waals surface area contributed by atoms with Crippen molar-refractivity contribution in [3.05, 3.63) is 35.4 Å². The molecule has 0 amide bonds. The third kappa shape index (κ3) is 1.56. The number of aryl methyl sites for hydroxylation is 1. The third-order valence-electron chi connectivity index (χ3n) is 3.77. The van der Waals surface area contributed by atoms with Crippen molar-refractivity contribution in [3.63, 3.8) is 0 Å². The molecule has 0 aromatic heterocycles. The fourth-order valence-corrected chi connectivity index (χ4v) is 3.14. The zero-order chi connectivity index (χ0) is 12.7. The van der Waals surface area contributed by atoms with Crippen LogP contribution in [0.25, 0.3) is 10.8 Å². The minimum atomic E-state index is 0.0989. The average molecular weight is 261 g/mol. The molecule has 0 aliphatic carbocycles. The van der Waals surface area contributed by atoms with Crippen LogP contribution in [0.3, 0.4) is 0 Å². The summed E-state index contributed by atoms with van der Waals surface area (Å²) in [5.74, 6) is 0.991. The molecule has 94 valence electrons. The Morgan fingerprint density at radius 1 is 1.44 bits per heavy atom. The Balaban J connectivity index is 2.41. The summed E-state index contributed by atoms with van der Waals surface area (Å²) < 4.78 is 0. The number of hydrogen-bond donors (Lipinski definition) is 1. The molecule has 3 rings (SSSR count). The second-order valence-electron chi connectivity index (χ2n) is 4.76. The van der Waals surface area contributed by atoms with Gasteiger partial charge in [0.1, 0.15) is 0 Å². The van der Waals surface area contributed by atoms with Crippen LogP contribution in [0, 0.1) is 0 Å². The number of hydrogen-bond acceptors (Lipinski definition) is 2. The molecule has 1 unspecified atom stereocenters. The van der Waals surface area contributed by atoms with Gasteiger partial charge < -0.3 is 10.4 Å². The molecule has 0 bridgehead atoms. The summed E-state index contributed by atoms with van der Waals surface area (Å²) in [7, 11) is 0. The number of alkyl halides is 1. The summed E-state index contributed by atoms with van der Waals surface area (Å²) in [5.41, 5.74) is 3.44. The molecular weight excluding hydrogens is 246 g/mol. The smallest absolute Gasteiger partial charge is 0.0377 e. The zero-order valence-corrected chi connectivity index (χ0v) is 11.1. The normalized spacial score (nSPS) is 17.8. The van der Waals surface area contributed by atoms with Crippen molar-refractivity contribution < 1.29 is 5.11 Å². The SMILES string of the molecule is CCc1cccc2c([O-])cc3c(c12)C(CCl)CN3. The summed E-state index contributed by atoms with van der Waals surface area (Å²) in [4.78, 5) is 0. The molecule has 2 nitrogen and oxygen atoms in total. The van der Waals surface area contributed by atoms with Gasteiger partial charge in [0, 0.05) is 24.0 Å². The molecule has 0 saturated heterocycles. The van der Waals surface area contributed by atoms with E-state index >= 15 is 0 Å². The largest absolute Gasteiger partial charge is 0.872 e. The van der Waals surface area contributed by atoms with Crippen molar-refractivity contribution in [2.24, 2.45) is 0 Å². The molecule has 2 aromatic rings. The lowest BCUT2D eigenvalue weighted by molar-refractivity contribution is -0.265. The van der Waals surface area contributed by atoms with Crippen molar-refractivity contribution in [1.29, 1.82) is 0 Å². The zero-order valence-electron chi connectivity index (χ0n) is 10.3. The number of fused-ring (bicyclic) bond motifs is 3. The highest BCUT2D eigenvalue weighted by Gasteiger charge is 2.24. The second kappa shape index (κ2) is 4.36. The van der Waals surface area contributed by atoms with E-state index in [0.717, 1.165) is 29.4 Å². The Morgan fingerprint density at radius 3 is 3.00 bits per heavy atom. The predicted octanol–water partition coefficient (Wildman–Crippen LogP) is 3.22. The average Bonchev–Trinajstić information content (AvgIpc) is 2.81. The second-order valence-corrected chi connectivity index (χ2v) is 5.07. The first-order chi connectivity index (χ1) is 8.76. The van der Waals surface area contributed by atoms with Gasteiger partial charge in [-0.15, -0.1) is 11.6 Å². The van der Waals surface area contributed by atoms with E-state index in [1.807, 2.05) is 12.1 Å². The molecule has 3 heteroatoms. The van der Waals surface area contributed by atoms with Gasteiger partial charge in [-0.3, -0.25) is 0 Å². The van der Waals surface area contributed by atoms with E-state index in [4.69, 9.17) is 11.6 Å². The van der Waals surface area contributed by atoms with Crippen LogP contribution in [0.4, 0.5) is 5.69 Å². The number of anilines is 1. The molecule has 1 atom stereocenters. The van der Waals surface area contributed by atoms with Crippen LogP contribution < -0.4 is 10.4 Å². The van der Waals surface area contributed by atoms with Gasteiger partial charge in [-0.2, -0.15) is 0 Å². The molecule has 2 aromatic carbocycles. The molecule has 0 radical (unpaired) electrons. The summed E-state index contributed by atoms with van der Waals surface area (Å²) >= 11 is 6.05. The molecule has 1 heterocycles. The number of nitrogens with one attached hydrogen (secondary N) is 1. The Bertz CT molecular complexity index is 609. The number of rotatable bonds is 2. The van der Waals surface area contributed by atoms with Gasteiger partial charge >= 0.3 is 0 Å². The quantitative estimate of drug-likeness (QED) is 0.842. The van der Waals surface area contributed by atoms with E-state index in [2.05, 4.69) is 18.3 Å². The third-order valence-corrected chi connectivity index (χ3v) is 4.14. The van der Waals surface area contributed by atoms with E-state index in [1.165, 1.54) is 11.1 Å². The lowest BCUT2D eigenvalue weighted by Gasteiger charge is -2.18. The lowest BCUT2D eigenvalue weighted by atomic mass is 9.91. The van der Waals surface area contributed by atoms with Gasteiger partial charge in [0.2, 0.25) is 0 Å². The van der Waals surface area contributed by atoms with Crippen molar-refractivity contribution in [2.75, 3.05) is 17.7 Å². The maximum absolute atomic E-state index is 12.1. The van der Waals surface area contributed by atoms with E-state index < -0.39 is 0 Å². The maximum atomic E-state index is 12.1. The van der Waals surface area contributed by atoms with Crippen molar-refractivity contribution in [3.8, 4) is 5.75 Å². The van der Waals surface area contributed by atoms with Crippen LogP contribution in [-0.2, 0) is 6.42 Å². The molecule has 18 heavy (non-hydrogen) atoms. The minimum Gasteiger partial charge on any atom is -0.872 e. The highest BCUT2D eigenvalue weighted by Crippen LogP contribution is 2.42. The van der Waals surface area contributed by atoms with Crippen molar-refractivity contribution >= 4 is 28.1 Å². The summed E-state index contributed by atoms with van der Waals surface area (Å²) in [5, 5.41) is 17.4. The summed E-state index contributed by atoms with van der Waals surface area (Å²) in [6, 6.07) is 7.70. The predicted molar refractivity (Wildman–Crippen MR) is 74.7 cm³/mol. The molecule has 1 aliphatic rings. The monoisotopic (exact) mass is 260 g/mol. The van der Waals surface area contributed by atoms with Gasteiger partial charge in [0.25, 0.3) is 0 Å². The van der Waals surface area contributed by atoms with Gasteiger partial charge in [-0.05, 0) is 34.4 Å². The molecule has 0 saturated carbocycles. The Morgan fingerprint density at radius 2 is 2.28 bits per heavy atom. The van der Waals surface area contributed by atoms with Gasteiger partial charge in [0.05, 0.1) is 0 Å². The molecule has 1 N–H and O–H groups in total. The van der Waals surface area contributed by atoms with Crippen LogP contribution >= 0.6 is 11.6 Å². The van der Waals surface area contributed by atoms with E-state index in [9.17, 15) is 5.11 Å². The van der Waals surface area contributed by atoms with Crippen LogP contribution in [0.5, 0.6) is 5.75 Å². The molecular formula is C15H15ClNO-. The van der Waals surface area contributed by atoms with Crippen molar-refractivity contribution in [2.45, 2.75) is 19.3 Å². The first-order valence-electron chi connectivity index (χ1n) is 6.31. The van der Waals surface area contributed by atoms with E-state index in [0.29, 0.717) is 11.8 Å². The Hall–Kier alpha value is -1.41. The minimum absolute atomic E-state index is 0.0989. The highest BCUT2D eigenvalue weighted by atomic mass is 35.5. The van der Waals surface area contributed by atoms with E-state index in [1.54, 1.807) is 6.07 Å². The topological polar surface area (TPSA) is 35.1 Å². The van der Waals surface area contributed by atoms with E-state index in [-0.39, 0.29) is 5.75 Å². The first kappa shape index (κ1) is 11.7. The fourth-order valence-electron chi connectivity index (χ4n) is 2.88. The Labute approximate surface area is 112 Å². The van der Waals surface area contributed by atoms with Gasteiger partial charge in [-0.1, -0.05) is 30.9 Å². The molecule has 0 fully saturated rings. The summed E-state index contributed by atoms with van der Waals surface area (Å²) in [6.07, 6.45) is 0.933. The molecule has 0 spiro atoms. The van der Waals surface area contributed by atoms with Crippen LogP contribution in [0.15, 0.2) is 24.3 Å². The number of halogens is 1. The lowest BCUT2D eigenvalue weighted by Crippen LogP contribution is -2.03. The van der Waals surface area contributed by atoms with Gasteiger partial charge in [0.15, 0.2) is 0 Å². The number of benzene rings is 2. The van der Waals surface area contributed by atoms with Crippen LogP contribution in [0.1, 0.15) is 24.0 Å². The van der Waals surface area contributed by atoms with Gasteiger partial charge in [-0.25, -0.2) is 0 Å². The van der Waals surface area contributed by atoms with Crippen molar-refractivity contribution in [1.82, 2.24) is 0 Å². The summed E-state index contributed by atoms with van der Waals surface area (Å²) in [6.45, 7) is 2.95. The fraction of sp³-hybridized carbons (Fsp3) is 0.333. The van der Waals surface area contributed by atoms with Crippen LogP contribution in [0.2, 0.25) is 0 Å². The first-order valence-corrected chi connectivity index (χ1v) is 6.85. The maximum Gasteiger partial charge on any atom is 0.0377 e.